The number of H-pyrrole nitrogens is 1. The average Bonchev–Trinajstić information content (AvgIpc) is 3.37. The van der Waals surface area contributed by atoms with E-state index in [4.69, 9.17) is 11.1 Å². The lowest BCUT2D eigenvalue weighted by atomic mass is 10.0. The second kappa shape index (κ2) is 7.71. The lowest BCUT2D eigenvalue weighted by molar-refractivity contribution is -0.114. The first-order chi connectivity index (χ1) is 12.9. The molecule has 1 amide bonds. The minimum atomic E-state index is -0.760. The van der Waals surface area contributed by atoms with Gasteiger partial charge in [-0.2, -0.15) is 0 Å². The molecule has 2 aromatic rings. The smallest absolute Gasteiger partial charge is 0.252 e. The van der Waals surface area contributed by atoms with E-state index in [0.29, 0.717) is 22.5 Å². The Balaban J connectivity index is 1.96. The zero-order chi connectivity index (χ0) is 19.6. The SMILES string of the molecule is C[C@@H](N/C(=C(/C=N)C(N)=O)c1cc(-c2cncc(F)c2)c[nH]1)C(O)C1CC1. The first-order valence-electron chi connectivity index (χ1n) is 8.69. The van der Waals surface area contributed by atoms with Gasteiger partial charge in [-0.1, -0.05) is 0 Å². The number of hydrogen-bond donors (Lipinski definition) is 5. The molecule has 142 valence electrons. The molecule has 7 nitrogen and oxygen atoms in total. The summed E-state index contributed by atoms with van der Waals surface area (Å²) in [6, 6.07) is 2.72. The van der Waals surface area contributed by atoms with Crippen molar-refractivity contribution in [3.63, 3.8) is 0 Å². The third kappa shape index (κ3) is 4.22. The fourth-order valence-electron chi connectivity index (χ4n) is 3.00. The molecule has 0 spiro atoms. The van der Waals surface area contributed by atoms with E-state index in [1.165, 1.54) is 12.3 Å². The number of aliphatic hydroxyl groups excluding tert-OH is 1. The van der Waals surface area contributed by atoms with Crippen molar-refractivity contribution in [2.75, 3.05) is 0 Å². The Morgan fingerprint density at radius 2 is 2.19 bits per heavy atom. The molecule has 1 saturated carbocycles. The van der Waals surface area contributed by atoms with Crippen LogP contribution in [-0.4, -0.2) is 39.3 Å². The molecular formula is C19H22FN5O2. The highest BCUT2D eigenvalue weighted by Crippen LogP contribution is 2.34. The fourth-order valence-corrected chi connectivity index (χ4v) is 3.00. The summed E-state index contributed by atoms with van der Waals surface area (Å²) in [6.07, 6.45) is 6.55. The fraction of sp³-hybridized carbons (Fsp3) is 0.316. The molecule has 1 unspecified atom stereocenters. The first kappa shape index (κ1) is 18.8. The predicted molar refractivity (Wildman–Crippen MR) is 100 cm³/mol. The normalized spacial score (nSPS) is 17.0. The van der Waals surface area contributed by atoms with Crippen LogP contribution in [0.1, 0.15) is 25.5 Å². The van der Waals surface area contributed by atoms with Crippen molar-refractivity contribution in [2.24, 2.45) is 11.7 Å². The van der Waals surface area contributed by atoms with Crippen LogP contribution in [0, 0.1) is 17.1 Å². The number of nitrogens with zero attached hydrogens (tertiary/aromatic N) is 1. The van der Waals surface area contributed by atoms with Crippen LogP contribution in [0.4, 0.5) is 4.39 Å². The average molecular weight is 371 g/mol. The maximum Gasteiger partial charge on any atom is 0.252 e. The van der Waals surface area contributed by atoms with Crippen molar-refractivity contribution < 1.29 is 14.3 Å². The second-order valence-corrected chi connectivity index (χ2v) is 6.75. The molecule has 2 heterocycles. The zero-order valence-electron chi connectivity index (χ0n) is 14.9. The third-order valence-corrected chi connectivity index (χ3v) is 4.66. The molecule has 0 radical (unpaired) electrons. The van der Waals surface area contributed by atoms with E-state index < -0.39 is 17.8 Å². The van der Waals surface area contributed by atoms with Crippen molar-refractivity contribution in [3.8, 4) is 11.1 Å². The summed E-state index contributed by atoms with van der Waals surface area (Å²) < 4.78 is 13.4. The monoisotopic (exact) mass is 371 g/mol. The van der Waals surface area contributed by atoms with Gasteiger partial charge in [-0.15, -0.1) is 0 Å². The number of carbonyl (C=O) groups is 1. The summed E-state index contributed by atoms with van der Waals surface area (Å²) >= 11 is 0. The van der Waals surface area contributed by atoms with Crippen LogP contribution in [0.3, 0.4) is 0 Å². The summed E-state index contributed by atoms with van der Waals surface area (Å²) in [4.78, 5) is 18.7. The van der Waals surface area contributed by atoms with Crippen molar-refractivity contribution in [3.05, 3.63) is 47.8 Å². The highest BCUT2D eigenvalue weighted by Gasteiger charge is 2.34. The molecule has 8 heteroatoms. The largest absolute Gasteiger partial charge is 0.391 e. The van der Waals surface area contributed by atoms with Gasteiger partial charge in [-0.3, -0.25) is 9.78 Å². The molecule has 1 aliphatic rings. The van der Waals surface area contributed by atoms with E-state index in [0.717, 1.165) is 25.3 Å². The molecule has 3 rings (SSSR count). The van der Waals surface area contributed by atoms with Crippen LogP contribution in [0.2, 0.25) is 0 Å². The Morgan fingerprint density at radius 3 is 2.78 bits per heavy atom. The molecule has 2 atom stereocenters. The second-order valence-electron chi connectivity index (χ2n) is 6.75. The number of primary amides is 1. The van der Waals surface area contributed by atoms with E-state index in [-0.39, 0.29) is 17.5 Å². The predicted octanol–water partition coefficient (Wildman–Crippen LogP) is 1.81. The van der Waals surface area contributed by atoms with Crippen molar-refractivity contribution in [1.29, 1.82) is 5.41 Å². The minimum Gasteiger partial charge on any atom is -0.391 e. The quantitative estimate of drug-likeness (QED) is 0.358. The van der Waals surface area contributed by atoms with Gasteiger partial charge in [0.15, 0.2) is 0 Å². The number of nitrogens with one attached hydrogen (secondary N) is 3. The Labute approximate surface area is 156 Å². The number of aromatic amines is 1. The van der Waals surface area contributed by atoms with Gasteiger partial charge < -0.3 is 26.6 Å². The van der Waals surface area contributed by atoms with Gasteiger partial charge in [-0.05, 0) is 37.8 Å². The topological polar surface area (TPSA) is 128 Å². The highest BCUT2D eigenvalue weighted by atomic mass is 19.1. The van der Waals surface area contributed by atoms with Crippen molar-refractivity contribution >= 4 is 17.8 Å². The lowest BCUT2D eigenvalue weighted by Gasteiger charge is -2.23. The lowest BCUT2D eigenvalue weighted by Crippen LogP contribution is -2.39. The maximum absolute atomic E-state index is 13.4. The van der Waals surface area contributed by atoms with Gasteiger partial charge >= 0.3 is 0 Å². The third-order valence-electron chi connectivity index (χ3n) is 4.66. The Kier molecular flexibility index (Phi) is 5.36. The van der Waals surface area contributed by atoms with Crippen LogP contribution in [0.25, 0.3) is 16.8 Å². The molecule has 2 aromatic heterocycles. The number of amides is 1. The molecular weight excluding hydrogens is 349 g/mol. The zero-order valence-corrected chi connectivity index (χ0v) is 14.9. The van der Waals surface area contributed by atoms with Gasteiger partial charge in [0.2, 0.25) is 0 Å². The van der Waals surface area contributed by atoms with Gasteiger partial charge in [0, 0.05) is 35.8 Å². The van der Waals surface area contributed by atoms with Crippen LogP contribution in [-0.2, 0) is 4.79 Å². The Morgan fingerprint density at radius 1 is 1.44 bits per heavy atom. The van der Waals surface area contributed by atoms with Crippen molar-refractivity contribution in [2.45, 2.75) is 31.9 Å². The van der Waals surface area contributed by atoms with E-state index in [2.05, 4.69) is 15.3 Å². The van der Waals surface area contributed by atoms with Crippen LogP contribution < -0.4 is 11.1 Å². The number of nitrogens with two attached hydrogens (primary N) is 1. The van der Waals surface area contributed by atoms with Gasteiger partial charge in [0.05, 0.1) is 29.3 Å². The van der Waals surface area contributed by atoms with Crippen LogP contribution >= 0.6 is 0 Å². The van der Waals surface area contributed by atoms with E-state index in [1.807, 2.05) is 6.92 Å². The molecule has 1 aliphatic carbocycles. The summed E-state index contributed by atoms with van der Waals surface area (Å²) in [7, 11) is 0. The number of aromatic nitrogens is 2. The number of halogens is 1. The number of pyridine rings is 1. The molecule has 1 fully saturated rings. The van der Waals surface area contributed by atoms with E-state index >= 15 is 0 Å². The molecule has 0 aromatic carbocycles. The summed E-state index contributed by atoms with van der Waals surface area (Å²) in [5.74, 6) is -0.977. The summed E-state index contributed by atoms with van der Waals surface area (Å²) in [5, 5.41) is 21.0. The number of rotatable bonds is 8. The number of carbonyl (C=O) groups excluding carboxylic acids is 1. The molecule has 0 saturated heterocycles. The molecule has 6 N–H and O–H groups in total. The molecule has 0 aliphatic heterocycles. The minimum absolute atomic E-state index is 0.0179. The van der Waals surface area contributed by atoms with Gasteiger partial charge in [0.1, 0.15) is 5.82 Å². The Bertz CT molecular complexity index is 888. The summed E-state index contributed by atoms with van der Waals surface area (Å²) in [6.45, 7) is 1.81. The van der Waals surface area contributed by atoms with Crippen LogP contribution in [0.15, 0.2) is 36.3 Å². The summed E-state index contributed by atoms with van der Waals surface area (Å²) in [5.41, 5.74) is 7.46. The van der Waals surface area contributed by atoms with E-state index in [9.17, 15) is 14.3 Å². The number of hydrogen-bond acceptors (Lipinski definition) is 5. The first-order valence-corrected chi connectivity index (χ1v) is 8.69. The molecule has 0 bridgehead atoms. The molecule has 27 heavy (non-hydrogen) atoms. The van der Waals surface area contributed by atoms with Crippen LogP contribution in [0.5, 0.6) is 0 Å². The van der Waals surface area contributed by atoms with Gasteiger partial charge in [0.25, 0.3) is 5.91 Å². The highest BCUT2D eigenvalue weighted by molar-refractivity contribution is 6.16. The van der Waals surface area contributed by atoms with Crippen molar-refractivity contribution in [1.82, 2.24) is 15.3 Å². The van der Waals surface area contributed by atoms with Gasteiger partial charge in [-0.25, -0.2) is 4.39 Å². The maximum atomic E-state index is 13.4. The standard InChI is InChI=1S/C19H22FN5O2/c1-10(18(26)11-2-3-11)25-17(15(6-21)19(22)27)16-5-13(8-24-16)12-4-14(20)9-23-7-12/h4-11,18,21,24-26H,2-3H2,1H3,(H2,22,27)/b17-15-,21-6?/t10-,18?/m1/s1. The number of aliphatic hydroxyl groups is 1. The Hall–Kier alpha value is -3.00. The van der Waals surface area contributed by atoms with E-state index in [1.54, 1.807) is 12.3 Å².